The zero-order chi connectivity index (χ0) is 8.15. The van der Waals surface area contributed by atoms with Crippen LogP contribution < -0.4 is 5.73 Å². The first kappa shape index (κ1) is 9.31. The van der Waals surface area contributed by atoms with Crippen LogP contribution in [0, 0.1) is 0 Å². The minimum atomic E-state index is 0.613. The van der Waals surface area contributed by atoms with Gasteiger partial charge >= 0.3 is 0 Å². The molecule has 0 aromatic rings. The van der Waals surface area contributed by atoms with Gasteiger partial charge in [0.15, 0.2) is 0 Å². The van der Waals surface area contributed by atoms with E-state index in [0.29, 0.717) is 5.03 Å². The number of nitrogens with two attached hydrogens (primary N) is 1. The highest BCUT2D eigenvalue weighted by atomic mass is 35.5. The zero-order valence-corrected chi connectivity index (χ0v) is 7.07. The van der Waals surface area contributed by atoms with Crippen LogP contribution in [0.3, 0.4) is 0 Å². The van der Waals surface area contributed by atoms with Crippen LogP contribution in [0.15, 0.2) is 35.0 Å². The lowest BCUT2D eigenvalue weighted by Crippen LogP contribution is -1.93. The molecule has 56 valence electrons. The molecule has 0 heterocycles. The summed E-state index contributed by atoms with van der Waals surface area (Å²) in [5.41, 5.74) is 7.24. The molecule has 10 heavy (non-hydrogen) atoms. The summed E-state index contributed by atoms with van der Waals surface area (Å²) in [4.78, 5) is 0. The van der Waals surface area contributed by atoms with Gasteiger partial charge in [-0.1, -0.05) is 24.3 Å². The first-order valence-electron chi connectivity index (χ1n) is 3.00. The van der Waals surface area contributed by atoms with Crippen LogP contribution in [0.4, 0.5) is 0 Å². The maximum atomic E-state index is 5.66. The SMILES string of the molecule is C=C/C(Cl)=C\C(C)=C(/C)N. The summed E-state index contributed by atoms with van der Waals surface area (Å²) >= 11 is 5.66. The van der Waals surface area contributed by atoms with Crippen molar-refractivity contribution in [2.24, 2.45) is 5.73 Å². The van der Waals surface area contributed by atoms with Gasteiger partial charge in [0.1, 0.15) is 0 Å². The van der Waals surface area contributed by atoms with Gasteiger partial charge < -0.3 is 5.73 Å². The average Bonchev–Trinajstić information content (AvgIpc) is 1.87. The smallest absolute Gasteiger partial charge is 0.0403 e. The third-order valence-electron chi connectivity index (χ3n) is 1.17. The van der Waals surface area contributed by atoms with E-state index in [4.69, 9.17) is 17.3 Å². The van der Waals surface area contributed by atoms with Crippen molar-refractivity contribution in [3.05, 3.63) is 35.0 Å². The summed E-state index contributed by atoms with van der Waals surface area (Å²) in [5.74, 6) is 0. The maximum absolute atomic E-state index is 5.66. The zero-order valence-electron chi connectivity index (χ0n) is 6.32. The van der Waals surface area contributed by atoms with Gasteiger partial charge in [0, 0.05) is 10.7 Å². The molecule has 0 fully saturated rings. The van der Waals surface area contributed by atoms with Crippen LogP contribution in [-0.2, 0) is 0 Å². The highest BCUT2D eigenvalue weighted by molar-refractivity contribution is 6.31. The second-order valence-corrected chi connectivity index (χ2v) is 2.54. The highest BCUT2D eigenvalue weighted by Gasteiger charge is 1.88. The number of hydrogen-bond donors (Lipinski definition) is 1. The fraction of sp³-hybridized carbons (Fsp3) is 0.250. The lowest BCUT2D eigenvalue weighted by atomic mass is 10.2. The van der Waals surface area contributed by atoms with Gasteiger partial charge in [-0.3, -0.25) is 0 Å². The molecule has 0 aromatic heterocycles. The monoisotopic (exact) mass is 157 g/mol. The lowest BCUT2D eigenvalue weighted by molar-refractivity contribution is 1.24. The van der Waals surface area contributed by atoms with Gasteiger partial charge in [0.2, 0.25) is 0 Å². The molecule has 0 aliphatic rings. The second kappa shape index (κ2) is 4.18. The standard InChI is InChI=1S/C8H12ClN/c1-4-8(9)5-6(2)7(3)10/h4-5H,1,10H2,2-3H3/b7-6+,8-5+. The summed E-state index contributed by atoms with van der Waals surface area (Å²) in [5, 5.41) is 0.613. The molecule has 0 aliphatic carbocycles. The Bertz CT molecular complexity index is 185. The normalized spacial score (nSPS) is 14.5. The van der Waals surface area contributed by atoms with Gasteiger partial charge in [-0.25, -0.2) is 0 Å². The molecule has 0 spiro atoms. The van der Waals surface area contributed by atoms with Crippen molar-refractivity contribution < 1.29 is 0 Å². The van der Waals surface area contributed by atoms with Crippen LogP contribution in [0.25, 0.3) is 0 Å². The summed E-state index contributed by atoms with van der Waals surface area (Å²) < 4.78 is 0. The van der Waals surface area contributed by atoms with Gasteiger partial charge in [-0.2, -0.15) is 0 Å². The predicted octanol–water partition coefficient (Wildman–Crippen LogP) is 2.55. The summed E-state index contributed by atoms with van der Waals surface area (Å²) in [7, 11) is 0. The average molecular weight is 158 g/mol. The Morgan fingerprint density at radius 1 is 1.50 bits per heavy atom. The number of halogens is 1. The fourth-order valence-corrected chi connectivity index (χ4v) is 0.543. The van der Waals surface area contributed by atoms with E-state index in [2.05, 4.69) is 6.58 Å². The first-order chi connectivity index (χ1) is 4.57. The molecular weight excluding hydrogens is 146 g/mol. The van der Waals surface area contributed by atoms with E-state index in [9.17, 15) is 0 Å². The number of rotatable bonds is 2. The summed E-state index contributed by atoms with van der Waals surface area (Å²) in [6.45, 7) is 7.25. The van der Waals surface area contributed by atoms with E-state index in [1.807, 2.05) is 13.8 Å². The Morgan fingerprint density at radius 3 is 2.30 bits per heavy atom. The molecule has 0 rings (SSSR count). The predicted molar refractivity (Wildman–Crippen MR) is 46.7 cm³/mol. The molecule has 0 aromatic carbocycles. The lowest BCUT2D eigenvalue weighted by Gasteiger charge is -1.95. The molecule has 0 saturated heterocycles. The first-order valence-corrected chi connectivity index (χ1v) is 3.38. The Morgan fingerprint density at radius 2 is 2.00 bits per heavy atom. The minimum Gasteiger partial charge on any atom is -0.402 e. The third kappa shape index (κ3) is 3.36. The fourth-order valence-electron chi connectivity index (χ4n) is 0.380. The molecule has 0 aliphatic heterocycles. The van der Waals surface area contributed by atoms with Crippen molar-refractivity contribution in [2.75, 3.05) is 0 Å². The van der Waals surface area contributed by atoms with Crippen LogP contribution in [0.1, 0.15) is 13.8 Å². The molecule has 0 amide bonds. The molecule has 2 heteroatoms. The molecule has 2 N–H and O–H groups in total. The minimum absolute atomic E-state index is 0.613. The quantitative estimate of drug-likeness (QED) is 0.613. The van der Waals surface area contributed by atoms with Crippen molar-refractivity contribution in [3.63, 3.8) is 0 Å². The van der Waals surface area contributed by atoms with E-state index in [0.717, 1.165) is 11.3 Å². The second-order valence-electron chi connectivity index (χ2n) is 2.10. The topological polar surface area (TPSA) is 26.0 Å². The van der Waals surface area contributed by atoms with Crippen LogP contribution >= 0.6 is 11.6 Å². The van der Waals surface area contributed by atoms with Crippen molar-refractivity contribution in [3.8, 4) is 0 Å². The maximum Gasteiger partial charge on any atom is 0.0403 e. The Labute approximate surface area is 66.9 Å². The highest BCUT2D eigenvalue weighted by Crippen LogP contribution is 2.08. The van der Waals surface area contributed by atoms with Crippen molar-refractivity contribution in [1.29, 1.82) is 0 Å². The third-order valence-corrected chi connectivity index (χ3v) is 1.43. The molecule has 0 atom stereocenters. The van der Waals surface area contributed by atoms with Crippen LogP contribution in [0.2, 0.25) is 0 Å². The van der Waals surface area contributed by atoms with Crippen LogP contribution in [-0.4, -0.2) is 0 Å². The van der Waals surface area contributed by atoms with E-state index in [-0.39, 0.29) is 0 Å². The number of allylic oxidation sites excluding steroid dienone is 5. The summed E-state index contributed by atoms with van der Waals surface area (Å²) in [6.07, 6.45) is 3.36. The van der Waals surface area contributed by atoms with Gasteiger partial charge in [0.25, 0.3) is 0 Å². The van der Waals surface area contributed by atoms with Crippen molar-refractivity contribution in [1.82, 2.24) is 0 Å². The van der Waals surface area contributed by atoms with Gasteiger partial charge in [-0.15, -0.1) is 0 Å². The molecular formula is C8H12ClN. The molecule has 0 saturated carbocycles. The van der Waals surface area contributed by atoms with E-state index in [1.54, 1.807) is 12.2 Å². The largest absolute Gasteiger partial charge is 0.402 e. The number of hydrogen-bond acceptors (Lipinski definition) is 1. The van der Waals surface area contributed by atoms with Crippen molar-refractivity contribution in [2.45, 2.75) is 13.8 Å². The molecule has 1 nitrogen and oxygen atoms in total. The van der Waals surface area contributed by atoms with E-state index in [1.165, 1.54) is 0 Å². The Kier molecular flexibility index (Phi) is 3.89. The van der Waals surface area contributed by atoms with Gasteiger partial charge in [0.05, 0.1) is 0 Å². The molecule has 0 radical (unpaired) electrons. The van der Waals surface area contributed by atoms with Crippen LogP contribution in [0.5, 0.6) is 0 Å². The Hall–Kier alpha value is -0.690. The van der Waals surface area contributed by atoms with Crippen molar-refractivity contribution >= 4 is 11.6 Å². The Balaban J connectivity index is 4.42. The molecule has 0 unspecified atom stereocenters. The van der Waals surface area contributed by atoms with Gasteiger partial charge in [-0.05, 0) is 25.5 Å². The van der Waals surface area contributed by atoms with E-state index >= 15 is 0 Å². The summed E-state index contributed by atoms with van der Waals surface area (Å²) in [6, 6.07) is 0. The van der Waals surface area contributed by atoms with E-state index < -0.39 is 0 Å². The molecule has 0 bridgehead atoms.